The molecule has 0 saturated heterocycles. The minimum absolute atomic E-state index is 0.455. The van der Waals surface area contributed by atoms with Gasteiger partial charge in [-0.25, -0.2) is 5.53 Å². The molecule has 2 nitrogen and oxygen atoms in total. The monoisotopic (exact) mass is 208 g/mol. The fourth-order valence-corrected chi connectivity index (χ4v) is 2.93. The second-order valence-electron chi connectivity index (χ2n) is 5.66. The fraction of sp³-hybridized carbons (Fsp3) is 0.846. The maximum Gasteiger partial charge on any atom is 0.0553 e. The normalized spacial score (nSPS) is 31.3. The van der Waals surface area contributed by atoms with Crippen LogP contribution in [0, 0.1) is 22.8 Å². The third-order valence-corrected chi connectivity index (χ3v) is 4.01. The van der Waals surface area contributed by atoms with Crippen LogP contribution in [0.1, 0.15) is 53.4 Å². The SMILES string of the molecule is C/C(=C\CC1C(C)CCCC1(C)C)N=N. The zero-order chi connectivity index (χ0) is 11.5. The van der Waals surface area contributed by atoms with Crippen LogP contribution in [-0.2, 0) is 0 Å². The van der Waals surface area contributed by atoms with Crippen molar-refractivity contribution < 1.29 is 0 Å². The predicted octanol–water partition coefficient (Wildman–Crippen LogP) is 4.77. The molecule has 2 heteroatoms. The predicted molar refractivity (Wildman–Crippen MR) is 63.8 cm³/mol. The summed E-state index contributed by atoms with van der Waals surface area (Å²) in [5, 5.41) is 3.46. The second kappa shape index (κ2) is 4.91. The van der Waals surface area contributed by atoms with Crippen molar-refractivity contribution in [1.82, 2.24) is 0 Å². The standard InChI is InChI=1S/C13H24N2/c1-10-6-5-9-13(3,4)12(10)8-7-11(2)15-14/h7,10,12,14H,5-6,8-9H2,1-4H3/b11-7+,15-14?. The van der Waals surface area contributed by atoms with Crippen molar-refractivity contribution in [2.75, 3.05) is 0 Å². The van der Waals surface area contributed by atoms with Gasteiger partial charge in [0.15, 0.2) is 0 Å². The van der Waals surface area contributed by atoms with Crippen LogP contribution in [0.25, 0.3) is 0 Å². The van der Waals surface area contributed by atoms with Crippen LogP contribution in [0.2, 0.25) is 0 Å². The lowest BCUT2D eigenvalue weighted by Crippen LogP contribution is -2.33. The van der Waals surface area contributed by atoms with Crippen molar-refractivity contribution >= 4 is 0 Å². The Labute approximate surface area is 93.7 Å². The molecule has 1 N–H and O–H groups in total. The minimum Gasteiger partial charge on any atom is -0.205 e. The molecule has 15 heavy (non-hydrogen) atoms. The van der Waals surface area contributed by atoms with Gasteiger partial charge in [0, 0.05) is 0 Å². The van der Waals surface area contributed by atoms with Gasteiger partial charge in [0.05, 0.1) is 5.70 Å². The van der Waals surface area contributed by atoms with Gasteiger partial charge < -0.3 is 0 Å². The Morgan fingerprint density at radius 2 is 2.20 bits per heavy atom. The summed E-state index contributed by atoms with van der Waals surface area (Å²) in [6.07, 6.45) is 7.28. The average molecular weight is 208 g/mol. The van der Waals surface area contributed by atoms with E-state index >= 15 is 0 Å². The van der Waals surface area contributed by atoms with E-state index in [0.717, 1.165) is 24.0 Å². The summed E-state index contributed by atoms with van der Waals surface area (Å²) in [7, 11) is 0. The van der Waals surface area contributed by atoms with Crippen LogP contribution in [0.3, 0.4) is 0 Å². The summed E-state index contributed by atoms with van der Waals surface area (Å²) >= 11 is 0. The highest BCUT2D eigenvalue weighted by Crippen LogP contribution is 2.45. The molecule has 0 amide bonds. The number of allylic oxidation sites excluding steroid dienone is 2. The van der Waals surface area contributed by atoms with E-state index < -0.39 is 0 Å². The number of nitrogens with zero attached hydrogens (tertiary/aromatic N) is 1. The van der Waals surface area contributed by atoms with Gasteiger partial charge in [-0.2, -0.15) is 5.11 Å². The summed E-state index contributed by atoms with van der Waals surface area (Å²) in [6.45, 7) is 9.04. The third-order valence-electron chi connectivity index (χ3n) is 4.01. The van der Waals surface area contributed by atoms with Gasteiger partial charge in [-0.3, -0.25) is 0 Å². The molecule has 1 rings (SSSR count). The first-order valence-corrected chi connectivity index (χ1v) is 6.01. The average Bonchev–Trinajstić information content (AvgIpc) is 2.15. The van der Waals surface area contributed by atoms with Crippen molar-refractivity contribution in [2.45, 2.75) is 53.4 Å². The maximum atomic E-state index is 6.93. The molecule has 0 spiro atoms. The second-order valence-corrected chi connectivity index (χ2v) is 5.66. The largest absolute Gasteiger partial charge is 0.205 e. The Kier molecular flexibility index (Phi) is 4.06. The first-order chi connectivity index (χ1) is 6.97. The Balaban J connectivity index is 2.67. The first kappa shape index (κ1) is 12.4. The molecule has 86 valence electrons. The number of rotatable bonds is 3. The Morgan fingerprint density at radius 3 is 2.73 bits per heavy atom. The highest BCUT2D eigenvalue weighted by molar-refractivity contribution is 4.98. The van der Waals surface area contributed by atoms with Gasteiger partial charge in [0.1, 0.15) is 0 Å². The molecular formula is C13H24N2. The fourth-order valence-electron chi connectivity index (χ4n) is 2.93. The highest BCUT2D eigenvalue weighted by Gasteiger charge is 2.35. The zero-order valence-electron chi connectivity index (χ0n) is 10.5. The zero-order valence-corrected chi connectivity index (χ0v) is 10.5. The van der Waals surface area contributed by atoms with Crippen LogP contribution in [0.4, 0.5) is 0 Å². The van der Waals surface area contributed by atoms with Crippen molar-refractivity contribution in [3.8, 4) is 0 Å². The molecule has 0 aliphatic heterocycles. The lowest BCUT2D eigenvalue weighted by molar-refractivity contribution is 0.0861. The molecule has 2 unspecified atom stereocenters. The lowest BCUT2D eigenvalue weighted by atomic mass is 9.63. The quantitative estimate of drug-likeness (QED) is 0.648. The Hall–Kier alpha value is -0.660. The van der Waals surface area contributed by atoms with Crippen LogP contribution >= 0.6 is 0 Å². The van der Waals surface area contributed by atoms with E-state index in [0.29, 0.717) is 5.41 Å². The molecule has 0 bridgehead atoms. The molecule has 1 saturated carbocycles. The van der Waals surface area contributed by atoms with Gasteiger partial charge in [0.2, 0.25) is 0 Å². The molecule has 1 aliphatic carbocycles. The molecule has 0 aromatic carbocycles. The maximum absolute atomic E-state index is 6.93. The highest BCUT2D eigenvalue weighted by atomic mass is 15.0. The van der Waals surface area contributed by atoms with Crippen LogP contribution < -0.4 is 0 Å². The smallest absolute Gasteiger partial charge is 0.0553 e. The summed E-state index contributed by atoms with van der Waals surface area (Å²) in [4.78, 5) is 0. The van der Waals surface area contributed by atoms with E-state index in [1.54, 1.807) is 0 Å². The Morgan fingerprint density at radius 1 is 1.53 bits per heavy atom. The van der Waals surface area contributed by atoms with E-state index in [9.17, 15) is 0 Å². The van der Waals surface area contributed by atoms with Crippen LogP contribution in [0.5, 0.6) is 0 Å². The molecule has 0 heterocycles. The lowest BCUT2D eigenvalue weighted by Gasteiger charge is -2.42. The molecule has 0 radical (unpaired) electrons. The summed E-state index contributed by atoms with van der Waals surface area (Å²) in [5.41, 5.74) is 8.24. The summed E-state index contributed by atoms with van der Waals surface area (Å²) < 4.78 is 0. The van der Waals surface area contributed by atoms with Crippen molar-refractivity contribution in [3.63, 3.8) is 0 Å². The van der Waals surface area contributed by atoms with E-state index in [1.807, 2.05) is 6.92 Å². The summed E-state index contributed by atoms with van der Waals surface area (Å²) in [6, 6.07) is 0. The van der Waals surface area contributed by atoms with E-state index in [1.165, 1.54) is 19.3 Å². The molecule has 0 aromatic rings. The topological polar surface area (TPSA) is 36.2 Å². The number of nitrogens with one attached hydrogen (secondary N) is 1. The summed E-state index contributed by atoms with van der Waals surface area (Å²) in [5.74, 6) is 1.56. The molecular weight excluding hydrogens is 184 g/mol. The molecule has 1 fully saturated rings. The van der Waals surface area contributed by atoms with Gasteiger partial charge in [-0.15, -0.1) is 0 Å². The minimum atomic E-state index is 0.455. The van der Waals surface area contributed by atoms with Crippen LogP contribution in [0.15, 0.2) is 16.9 Å². The van der Waals surface area contributed by atoms with Gasteiger partial charge in [-0.05, 0) is 37.0 Å². The van der Waals surface area contributed by atoms with Gasteiger partial charge in [-0.1, -0.05) is 39.7 Å². The van der Waals surface area contributed by atoms with Gasteiger partial charge in [0.25, 0.3) is 0 Å². The first-order valence-electron chi connectivity index (χ1n) is 6.01. The number of hydrogen-bond donors (Lipinski definition) is 1. The molecule has 1 aliphatic rings. The Bertz CT molecular complexity index is 253. The van der Waals surface area contributed by atoms with Crippen molar-refractivity contribution in [2.24, 2.45) is 22.4 Å². The van der Waals surface area contributed by atoms with Crippen molar-refractivity contribution in [3.05, 3.63) is 11.8 Å². The molecule has 2 atom stereocenters. The third kappa shape index (κ3) is 3.15. The van der Waals surface area contributed by atoms with Crippen molar-refractivity contribution in [1.29, 1.82) is 5.53 Å². The van der Waals surface area contributed by atoms with Gasteiger partial charge >= 0.3 is 0 Å². The number of hydrogen-bond acceptors (Lipinski definition) is 2. The van der Waals surface area contributed by atoms with Crippen LogP contribution in [-0.4, -0.2) is 0 Å². The van der Waals surface area contributed by atoms with E-state index in [4.69, 9.17) is 5.53 Å². The molecule has 0 aromatic heterocycles. The van der Waals surface area contributed by atoms with E-state index in [-0.39, 0.29) is 0 Å². The van der Waals surface area contributed by atoms with E-state index in [2.05, 4.69) is 32.0 Å².